The highest BCUT2D eigenvalue weighted by Gasteiger charge is 2.31. The topological polar surface area (TPSA) is 67.6 Å². The van der Waals surface area contributed by atoms with E-state index >= 15 is 0 Å². The van der Waals surface area contributed by atoms with E-state index in [1.165, 1.54) is 12.1 Å². The van der Waals surface area contributed by atoms with Crippen molar-refractivity contribution in [3.05, 3.63) is 65.6 Å². The highest BCUT2D eigenvalue weighted by atomic mass is 19.1. The maximum absolute atomic E-state index is 13.2. The van der Waals surface area contributed by atoms with Crippen molar-refractivity contribution in [1.29, 1.82) is 0 Å². The van der Waals surface area contributed by atoms with Gasteiger partial charge in [-0.1, -0.05) is 24.2 Å². The van der Waals surface area contributed by atoms with Crippen molar-refractivity contribution < 1.29 is 18.4 Å². The van der Waals surface area contributed by atoms with Gasteiger partial charge in [0, 0.05) is 17.7 Å². The lowest BCUT2D eigenvalue weighted by atomic mass is 10.1. The lowest BCUT2D eigenvalue weighted by Gasteiger charge is -2.35. The molecule has 0 aliphatic carbocycles. The van der Waals surface area contributed by atoms with Gasteiger partial charge in [0.25, 0.3) is 5.91 Å². The Morgan fingerprint density at radius 1 is 1.23 bits per heavy atom. The Hall–Kier alpha value is -3.35. The molecule has 0 saturated heterocycles. The summed E-state index contributed by atoms with van der Waals surface area (Å²) in [4.78, 5) is 14.6. The average molecular weight is 409 g/mol. The number of fused-ring (bicyclic) bond motifs is 1. The molecule has 1 aliphatic heterocycles. The van der Waals surface area contributed by atoms with Gasteiger partial charge in [0.05, 0.1) is 18.8 Å². The predicted octanol–water partition coefficient (Wildman–Crippen LogP) is 4.08. The summed E-state index contributed by atoms with van der Waals surface area (Å²) < 4.78 is 24.8. The van der Waals surface area contributed by atoms with Gasteiger partial charge in [-0.3, -0.25) is 4.79 Å². The Bertz CT molecular complexity index is 1030. The minimum absolute atomic E-state index is 0.125. The minimum atomic E-state index is -0.602. The summed E-state index contributed by atoms with van der Waals surface area (Å²) in [6.45, 7) is 5.43. The molecule has 4 rings (SSSR count). The van der Waals surface area contributed by atoms with Gasteiger partial charge >= 0.3 is 0 Å². The van der Waals surface area contributed by atoms with Gasteiger partial charge in [-0.2, -0.15) is 0 Å². The molecule has 0 radical (unpaired) electrons. The molecule has 1 amide bonds. The standard InChI is InChI=1S/C23H24FN3O3/c1-3-12-25-23(28)21-14-27(19-6-4-5-7-20(19)29-21)13-18-15(2)22(30-26-18)16-8-10-17(24)11-9-16/h4-11,21H,3,12-14H2,1-2H3,(H,25,28)/t21-/m1/s1. The molecule has 6 nitrogen and oxygen atoms in total. The van der Waals surface area contributed by atoms with E-state index in [0.29, 0.717) is 31.1 Å². The lowest BCUT2D eigenvalue weighted by molar-refractivity contribution is -0.127. The molecule has 156 valence electrons. The molecule has 2 heterocycles. The Labute approximate surface area is 174 Å². The minimum Gasteiger partial charge on any atom is -0.477 e. The van der Waals surface area contributed by atoms with Crippen LogP contribution in [0, 0.1) is 12.7 Å². The van der Waals surface area contributed by atoms with Crippen LogP contribution in [-0.4, -0.2) is 30.3 Å². The van der Waals surface area contributed by atoms with Crippen molar-refractivity contribution in [2.75, 3.05) is 18.0 Å². The van der Waals surface area contributed by atoms with Crippen LogP contribution in [0.2, 0.25) is 0 Å². The van der Waals surface area contributed by atoms with Gasteiger partial charge in [0.1, 0.15) is 17.3 Å². The first-order valence-electron chi connectivity index (χ1n) is 10.1. The summed E-state index contributed by atoms with van der Waals surface area (Å²) in [5, 5.41) is 7.15. The van der Waals surface area contributed by atoms with Gasteiger partial charge in [-0.05, 0) is 49.7 Å². The van der Waals surface area contributed by atoms with Crippen molar-refractivity contribution in [2.45, 2.75) is 32.9 Å². The maximum atomic E-state index is 13.2. The Morgan fingerprint density at radius 2 is 2.00 bits per heavy atom. The van der Waals surface area contributed by atoms with E-state index in [9.17, 15) is 9.18 Å². The van der Waals surface area contributed by atoms with Crippen molar-refractivity contribution in [3.8, 4) is 17.1 Å². The van der Waals surface area contributed by atoms with Crippen LogP contribution in [0.4, 0.5) is 10.1 Å². The van der Waals surface area contributed by atoms with Crippen molar-refractivity contribution >= 4 is 11.6 Å². The van der Waals surface area contributed by atoms with Crippen LogP contribution in [0.3, 0.4) is 0 Å². The number of hydrogen-bond donors (Lipinski definition) is 1. The number of hydrogen-bond acceptors (Lipinski definition) is 5. The van der Waals surface area contributed by atoms with Gasteiger partial charge < -0.3 is 19.5 Å². The molecule has 0 saturated carbocycles. The molecule has 3 aromatic rings. The molecule has 1 aromatic heterocycles. The summed E-state index contributed by atoms with van der Waals surface area (Å²) in [6.07, 6.45) is 0.263. The second-order valence-corrected chi connectivity index (χ2v) is 7.34. The Morgan fingerprint density at radius 3 is 2.77 bits per heavy atom. The van der Waals surface area contributed by atoms with Crippen molar-refractivity contribution in [3.63, 3.8) is 0 Å². The molecule has 1 atom stereocenters. The number of para-hydroxylation sites is 2. The van der Waals surface area contributed by atoms with Crippen LogP contribution in [0.1, 0.15) is 24.6 Å². The van der Waals surface area contributed by atoms with E-state index in [1.807, 2.05) is 38.1 Å². The van der Waals surface area contributed by atoms with Gasteiger partial charge in [0.2, 0.25) is 0 Å². The quantitative estimate of drug-likeness (QED) is 0.664. The van der Waals surface area contributed by atoms with E-state index in [-0.39, 0.29) is 11.7 Å². The molecule has 2 aromatic carbocycles. The third-order valence-corrected chi connectivity index (χ3v) is 5.17. The average Bonchev–Trinajstić information content (AvgIpc) is 3.12. The molecule has 7 heteroatoms. The number of amides is 1. The first kappa shape index (κ1) is 19.9. The number of rotatable bonds is 6. The number of benzene rings is 2. The highest BCUT2D eigenvalue weighted by molar-refractivity contribution is 5.83. The number of carbonyl (C=O) groups is 1. The zero-order chi connectivity index (χ0) is 21.1. The van der Waals surface area contributed by atoms with Crippen LogP contribution in [-0.2, 0) is 11.3 Å². The second-order valence-electron chi connectivity index (χ2n) is 7.34. The maximum Gasteiger partial charge on any atom is 0.262 e. The lowest BCUT2D eigenvalue weighted by Crippen LogP contribution is -2.49. The van der Waals surface area contributed by atoms with Gasteiger partial charge in [-0.25, -0.2) is 4.39 Å². The van der Waals surface area contributed by atoms with Gasteiger partial charge in [-0.15, -0.1) is 0 Å². The third kappa shape index (κ3) is 4.01. The molecular formula is C23H24FN3O3. The Kier molecular flexibility index (Phi) is 5.70. The number of nitrogens with zero attached hydrogens (tertiary/aromatic N) is 2. The van der Waals surface area contributed by atoms with E-state index in [1.54, 1.807) is 12.1 Å². The van der Waals surface area contributed by atoms with E-state index in [4.69, 9.17) is 9.26 Å². The molecule has 30 heavy (non-hydrogen) atoms. The number of aromatic nitrogens is 1. The molecule has 0 fully saturated rings. The first-order chi connectivity index (χ1) is 14.6. The van der Waals surface area contributed by atoms with Crippen LogP contribution in [0.25, 0.3) is 11.3 Å². The molecule has 0 unspecified atom stereocenters. The summed E-state index contributed by atoms with van der Waals surface area (Å²) in [5.74, 6) is 0.859. The van der Waals surface area contributed by atoms with Crippen LogP contribution in [0.5, 0.6) is 5.75 Å². The predicted molar refractivity (Wildman–Crippen MR) is 112 cm³/mol. The fourth-order valence-corrected chi connectivity index (χ4v) is 3.52. The van der Waals surface area contributed by atoms with Gasteiger partial charge in [0.15, 0.2) is 11.9 Å². The molecule has 0 bridgehead atoms. The normalized spacial score (nSPS) is 15.4. The van der Waals surface area contributed by atoms with E-state index < -0.39 is 6.10 Å². The monoisotopic (exact) mass is 409 g/mol. The molecule has 1 aliphatic rings. The summed E-state index contributed by atoms with van der Waals surface area (Å²) in [6, 6.07) is 13.8. The largest absolute Gasteiger partial charge is 0.477 e. The summed E-state index contributed by atoms with van der Waals surface area (Å²) in [5.41, 5.74) is 3.32. The zero-order valence-corrected chi connectivity index (χ0v) is 17.0. The SMILES string of the molecule is CCCNC(=O)[C@H]1CN(Cc2noc(-c3ccc(F)cc3)c2C)c2ccccc2O1. The second kappa shape index (κ2) is 8.57. The smallest absolute Gasteiger partial charge is 0.262 e. The van der Waals surface area contributed by atoms with Crippen LogP contribution in [0.15, 0.2) is 53.1 Å². The number of ether oxygens (including phenoxy) is 1. The molecular weight excluding hydrogens is 385 g/mol. The van der Waals surface area contributed by atoms with Crippen molar-refractivity contribution in [1.82, 2.24) is 10.5 Å². The third-order valence-electron chi connectivity index (χ3n) is 5.17. The van der Waals surface area contributed by atoms with Crippen LogP contribution >= 0.6 is 0 Å². The Balaban J connectivity index is 1.59. The van der Waals surface area contributed by atoms with E-state index in [0.717, 1.165) is 28.9 Å². The first-order valence-corrected chi connectivity index (χ1v) is 10.1. The highest BCUT2D eigenvalue weighted by Crippen LogP contribution is 2.35. The number of nitrogens with one attached hydrogen (secondary N) is 1. The van der Waals surface area contributed by atoms with Crippen LogP contribution < -0.4 is 15.0 Å². The fraction of sp³-hybridized carbons (Fsp3) is 0.304. The molecule has 0 spiro atoms. The number of carbonyl (C=O) groups excluding carboxylic acids is 1. The zero-order valence-electron chi connectivity index (χ0n) is 17.0. The number of anilines is 1. The van der Waals surface area contributed by atoms with E-state index in [2.05, 4.69) is 15.4 Å². The summed E-state index contributed by atoms with van der Waals surface area (Å²) in [7, 11) is 0. The van der Waals surface area contributed by atoms with Crippen molar-refractivity contribution in [2.24, 2.45) is 0 Å². The summed E-state index contributed by atoms with van der Waals surface area (Å²) >= 11 is 0. The molecule has 1 N–H and O–H groups in total. The number of halogens is 1. The fourth-order valence-electron chi connectivity index (χ4n) is 3.52.